The van der Waals surface area contributed by atoms with E-state index in [2.05, 4.69) is 0 Å². The summed E-state index contributed by atoms with van der Waals surface area (Å²) < 4.78 is 5.19. The number of rotatable bonds is 3. The van der Waals surface area contributed by atoms with Crippen molar-refractivity contribution in [2.45, 2.75) is 32.3 Å². The van der Waals surface area contributed by atoms with E-state index in [0.717, 1.165) is 18.7 Å². The van der Waals surface area contributed by atoms with Crippen LogP contribution in [-0.4, -0.2) is 35.1 Å². The Bertz CT molecular complexity index is 361. The molecule has 4 heteroatoms. The van der Waals surface area contributed by atoms with Crippen molar-refractivity contribution in [3.05, 3.63) is 24.2 Å². The van der Waals surface area contributed by atoms with Crippen LogP contribution in [0, 0.1) is 5.92 Å². The third kappa shape index (κ3) is 3.09. The molecular formula is C13H19NO3. The molecule has 2 unspecified atom stereocenters. The zero-order chi connectivity index (χ0) is 12.3. The number of likely N-dealkylation sites (tertiary alicyclic amines) is 1. The molecule has 0 radical (unpaired) electrons. The molecule has 1 aromatic rings. The average Bonchev–Trinajstić information content (AvgIpc) is 2.82. The number of carbonyl (C=O) groups excluding carboxylic acids is 1. The van der Waals surface area contributed by atoms with Crippen molar-refractivity contribution < 1.29 is 14.3 Å². The van der Waals surface area contributed by atoms with Crippen molar-refractivity contribution in [1.82, 2.24) is 4.90 Å². The van der Waals surface area contributed by atoms with E-state index < -0.39 is 0 Å². The van der Waals surface area contributed by atoms with Crippen molar-refractivity contribution in [1.29, 1.82) is 0 Å². The van der Waals surface area contributed by atoms with Gasteiger partial charge in [-0.3, -0.25) is 4.79 Å². The molecule has 0 aliphatic carbocycles. The van der Waals surface area contributed by atoms with E-state index in [1.807, 2.05) is 19.1 Å². The third-order valence-corrected chi connectivity index (χ3v) is 3.44. The van der Waals surface area contributed by atoms with Crippen LogP contribution in [0.4, 0.5) is 0 Å². The zero-order valence-electron chi connectivity index (χ0n) is 10.1. The van der Waals surface area contributed by atoms with Gasteiger partial charge >= 0.3 is 0 Å². The van der Waals surface area contributed by atoms with E-state index in [9.17, 15) is 9.90 Å². The summed E-state index contributed by atoms with van der Waals surface area (Å²) in [4.78, 5) is 13.7. The largest absolute Gasteiger partial charge is 0.469 e. The second kappa shape index (κ2) is 5.36. The molecule has 1 N–H and O–H groups in total. The highest BCUT2D eigenvalue weighted by atomic mass is 16.3. The lowest BCUT2D eigenvalue weighted by Crippen LogP contribution is -2.45. The lowest BCUT2D eigenvalue weighted by molar-refractivity contribution is -0.135. The highest BCUT2D eigenvalue weighted by Crippen LogP contribution is 2.18. The van der Waals surface area contributed by atoms with Gasteiger partial charge in [0.25, 0.3) is 0 Å². The molecule has 1 amide bonds. The summed E-state index contributed by atoms with van der Waals surface area (Å²) >= 11 is 0. The number of aryl methyl sites for hydroxylation is 1. The number of aliphatic hydroxyl groups excluding tert-OH is 1. The monoisotopic (exact) mass is 237 g/mol. The van der Waals surface area contributed by atoms with E-state index in [1.54, 1.807) is 11.2 Å². The van der Waals surface area contributed by atoms with Crippen LogP contribution in [0.2, 0.25) is 0 Å². The van der Waals surface area contributed by atoms with Crippen molar-refractivity contribution in [2.24, 2.45) is 5.92 Å². The highest BCUT2D eigenvalue weighted by molar-refractivity contribution is 5.76. The lowest BCUT2D eigenvalue weighted by Gasteiger charge is -2.34. The normalized spacial score (nSPS) is 24.9. The maximum atomic E-state index is 11.9. The van der Waals surface area contributed by atoms with Crippen LogP contribution in [0.3, 0.4) is 0 Å². The van der Waals surface area contributed by atoms with Gasteiger partial charge in [-0.1, -0.05) is 6.92 Å². The maximum Gasteiger partial charge on any atom is 0.223 e. The summed E-state index contributed by atoms with van der Waals surface area (Å²) in [6, 6.07) is 3.70. The summed E-state index contributed by atoms with van der Waals surface area (Å²) in [5, 5.41) is 9.74. The topological polar surface area (TPSA) is 53.7 Å². The van der Waals surface area contributed by atoms with Crippen LogP contribution in [0.15, 0.2) is 22.8 Å². The van der Waals surface area contributed by atoms with Crippen molar-refractivity contribution in [3.8, 4) is 0 Å². The molecule has 1 saturated heterocycles. The Balaban J connectivity index is 1.80. The lowest BCUT2D eigenvalue weighted by atomic mass is 9.96. The predicted molar refractivity (Wildman–Crippen MR) is 63.4 cm³/mol. The van der Waals surface area contributed by atoms with Gasteiger partial charge in [-0.15, -0.1) is 0 Å². The standard InChI is InChI=1S/C13H19NO3/c1-10-6-7-14(9-12(10)15)13(16)5-4-11-3-2-8-17-11/h2-3,8,10,12,15H,4-7,9H2,1H3. The van der Waals surface area contributed by atoms with Crippen LogP contribution in [-0.2, 0) is 11.2 Å². The van der Waals surface area contributed by atoms with E-state index in [4.69, 9.17) is 4.42 Å². The van der Waals surface area contributed by atoms with Gasteiger partial charge in [0.2, 0.25) is 5.91 Å². The molecule has 2 heterocycles. The van der Waals surface area contributed by atoms with Crippen molar-refractivity contribution >= 4 is 5.91 Å². The van der Waals surface area contributed by atoms with Gasteiger partial charge in [0.1, 0.15) is 5.76 Å². The molecule has 0 spiro atoms. The third-order valence-electron chi connectivity index (χ3n) is 3.44. The number of carbonyl (C=O) groups is 1. The molecule has 1 aromatic heterocycles. The number of aliphatic hydroxyl groups is 1. The molecule has 0 aromatic carbocycles. The Hall–Kier alpha value is -1.29. The number of hydrogen-bond donors (Lipinski definition) is 1. The number of furan rings is 1. The highest BCUT2D eigenvalue weighted by Gasteiger charge is 2.26. The maximum absolute atomic E-state index is 11.9. The van der Waals surface area contributed by atoms with Crippen LogP contribution in [0.25, 0.3) is 0 Å². The fourth-order valence-electron chi connectivity index (χ4n) is 2.12. The number of β-amino-alcohol motifs (C(OH)–C–C–N with tert-alkyl or cyclic N) is 1. The fourth-order valence-corrected chi connectivity index (χ4v) is 2.12. The van der Waals surface area contributed by atoms with Gasteiger partial charge in [0.15, 0.2) is 0 Å². The number of piperidine rings is 1. The number of hydrogen-bond acceptors (Lipinski definition) is 3. The molecule has 1 aliphatic heterocycles. The van der Waals surface area contributed by atoms with E-state index in [0.29, 0.717) is 25.3 Å². The first-order valence-electron chi connectivity index (χ1n) is 6.15. The smallest absolute Gasteiger partial charge is 0.223 e. The summed E-state index contributed by atoms with van der Waals surface area (Å²) in [6.07, 6.45) is 3.21. The van der Waals surface area contributed by atoms with Crippen LogP contribution < -0.4 is 0 Å². The number of nitrogens with zero attached hydrogens (tertiary/aromatic N) is 1. The average molecular weight is 237 g/mol. The molecule has 0 saturated carbocycles. The van der Waals surface area contributed by atoms with E-state index >= 15 is 0 Å². The minimum Gasteiger partial charge on any atom is -0.469 e. The molecule has 2 rings (SSSR count). The van der Waals surface area contributed by atoms with Gasteiger partial charge in [-0.05, 0) is 24.5 Å². The first kappa shape index (κ1) is 12.2. The minimum atomic E-state index is -0.378. The fraction of sp³-hybridized carbons (Fsp3) is 0.615. The Morgan fingerprint density at radius 2 is 2.47 bits per heavy atom. The first-order valence-corrected chi connectivity index (χ1v) is 6.15. The van der Waals surface area contributed by atoms with Gasteiger partial charge in [0.05, 0.1) is 12.4 Å². The van der Waals surface area contributed by atoms with E-state index in [-0.39, 0.29) is 12.0 Å². The Labute approximate surface area is 101 Å². The molecule has 17 heavy (non-hydrogen) atoms. The van der Waals surface area contributed by atoms with Gasteiger partial charge in [-0.25, -0.2) is 0 Å². The zero-order valence-corrected chi connectivity index (χ0v) is 10.1. The first-order chi connectivity index (χ1) is 8.16. The van der Waals surface area contributed by atoms with Gasteiger partial charge in [-0.2, -0.15) is 0 Å². The second-order valence-electron chi connectivity index (χ2n) is 4.75. The molecule has 0 bridgehead atoms. The van der Waals surface area contributed by atoms with Gasteiger partial charge in [0, 0.05) is 25.9 Å². The predicted octanol–water partition coefficient (Wildman–Crippen LogP) is 1.44. The molecule has 94 valence electrons. The van der Waals surface area contributed by atoms with Crippen LogP contribution in [0.1, 0.15) is 25.5 Å². The summed E-state index contributed by atoms with van der Waals surface area (Å²) in [5.41, 5.74) is 0. The second-order valence-corrected chi connectivity index (χ2v) is 4.75. The molecular weight excluding hydrogens is 218 g/mol. The Morgan fingerprint density at radius 3 is 3.12 bits per heavy atom. The summed E-state index contributed by atoms with van der Waals surface area (Å²) in [5.74, 6) is 1.24. The molecule has 2 atom stereocenters. The minimum absolute atomic E-state index is 0.104. The van der Waals surface area contributed by atoms with Crippen molar-refractivity contribution in [2.75, 3.05) is 13.1 Å². The SMILES string of the molecule is CC1CCN(C(=O)CCc2ccco2)CC1O. The van der Waals surface area contributed by atoms with Crippen LogP contribution in [0.5, 0.6) is 0 Å². The molecule has 4 nitrogen and oxygen atoms in total. The summed E-state index contributed by atoms with van der Waals surface area (Å²) in [6.45, 7) is 3.25. The number of amides is 1. The quantitative estimate of drug-likeness (QED) is 0.865. The summed E-state index contributed by atoms with van der Waals surface area (Å²) in [7, 11) is 0. The Morgan fingerprint density at radius 1 is 1.65 bits per heavy atom. The molecule has 1 aliphatic rings. The van der Waals surface area contributed by atoms with Crippen molar-refractivity contribution in [3.63, 3.8) is 0 Å². The Kier molecular flexibility index (Phi) is 3.84. The van der Waals surface area contributed by atoms with E-state index in [1.165, 1.54) is 0 Å². The molecule has 1 fully saturated rings. The van der Waals surface area contributed by atoms with Crippen LogP contribution >= 0.6 is 0 Å². The van der Waals surface area contributed by atoms with Gasteiger partial charge < -0.3 is 14.4 Å².